The fourth-order valence-corrected chi connectivity index (χ4v) is 3.93. The molecule has 2 aromatic heterocycles. The molecule has 3 heterocycles. The molecule has 0 aliphatic carbocycles. The number of ether oxygens (including phenoxy) is 3. The molecule has 0 fully saturated rings. The van der Waals surface area contributed by atoms with Crippen LogP contribution >= 0.6 is 0 Å². The third-order valence-corrected chi connectivity index (χ3v) is 5.41. The van der Waals surface area contributed by atoms with Crippen molar-refractivity contribution in [1.29, 1.82) is 0 Å². The van der Waals surface area contributed by atoms with Crippen LogP contribution in [0, 0.1) is 5.82 Å². The van der Waals surface area contributed by atoms with Crippen molar-refractivity contribution in [3.8, 4) is 11.5 Å². The number of nitrogens with zero attached hydrogens (tertiary/aromatic N) is 2. The Kier molecular flexibility index (Phi) is 6.37. The van der Waals surface area contributed by atoms with Crippen molar-refractivity contribution in [1.82, 2.24) is 14.9 Å². The van der Waals surface area contributed by atoms with Gasteiger partial charge >= 0.3 is 12.3 Å². The van der Waals surface area contributed by atoms with Gasteiger partial charge in [0.15, 0.2) is 11.6 Å². The van der Waals surface area contributed by atoms with E-state index in [9.17, 15) is 27.2 Å². The van der Waals surface area contributed by atoms with Gasteiger partial charge in [0.25, 0.3) is 0 Å². The van der Waals surface area contributed by atoms with E-state index in [4.69, 9.17) is 4.74 Å². The molecule has 1 aromatic carbocycles. The number of carbonyl (C=O) groups is 2. The Balaban J connectivity index is 1.69. The molecule has 1 N–H and O–H groups in total. The number of esters is 1. The molecule has 3 aromatic rings. The molecule has 0 saturated carbocycles. The van der Waals surface area contributed by atoms with Gasteiger partial charge in [-0.1, -0.05) is 6.07 Å². The van der Waals surface area contributed by atoms with Gasteiger partial charge in [-0.05, 0) is 35.9 Å². The third kappa shape index (κ3) is 5.05. The lowest BCUT2D eigenvalue weighted by molar-refractivity contribution is -0.275. The van der Waals surface area contributed by atoms with Crippen LogP contribution in [0.25, 0.3) is 0 Å². The van der Waals surface area contributed by atoms with Crippen LogP contribution in [0.5, 0.6) is 11.5 Å². The number of benzene rings is 1. The molecule has 1 amide bonds. The lowest BCUT2D eigenvalue weighted by Crippen LogP contribution is -2.51. The van der Waals surface area contributed by atoms with Crippen LogP contribution in [-0.2, 0) is 21.6 Å². The molecule has 35 heavy (non-hydrogen) atoms. The highest BCUT2D eigenvalue weighted by Crippen LogP contribution is 2.41. The highest BCUT2D eigenvalue weighted by atomic mass is 19.4. The first-order valence-corrected chi connectivity index (χ1v) is 10.3. The van der Waals surface area contributed by atoms with Crippen molar-refractivity contribution < 1.29 is 41.4 Å². The second-order valence-electron chi connectivity index (χ2n) is 7.66. The molecule has 0 unspecified atom stereocenters. The monoisotopic (exact) mass is 493 g/mol. The molecular weight excluding hydrogens is 474 g/mol. The van der Waals surface area contributed by atoms with Gasteiger partial charge in [0, 0.05) is 25.0 Å². The Morgan fingerprint density at radius 3 is 2.77 bits per heavy atom. The summed E-state index contributed by atoms with van der Waals surface area (Å²) in [6, 6.07) is 7.67. The summed E-state index contributed by atoms with van der Waals surface area (Å²) in [6.45, 7) is -0.0864. The van der Waals surface area contributed by atoms with Gasteiger partial charge in [0.05, 0.1) is 19.3 Å². The topological polar surface area (TPSA) is 91.7 Å². The van der Waals surface area contributed by atoms with E-state index in [0.717, 1.165) is 12.1 Å². The number of pyridine rings is 1. The Morgan fingerprint density at radius 1 is 1.26 bits per heavy atom. The quantitative estimate of drug-likeness (QED) is 0.417. The van der Waals surface area contributed by atoms with Crippen molar-refractivity contribution in [2.75, 3.05) is 13.7 Å². The Labute approximate surface area is 196 Å². The van der Waals surface area contributed by atoms with Gasteiger partial charge in [0.1, 0.15) is 23.5 Å². The predicted octanol–water partition coefficient (Wildman–Crippen LogP) is 3.55. The SMILES string of the molecule is COC(=O)c1ccn(CC(=O)N[C@]2(c3ccc(OC(F)(F)F)c(F)c3)CCOc3cccnc32)c1. The zero-order chi connectivity index (χ0) is 25.2. The zero-order valence-corrected chi connectivity index (χ0v) is 18.3. The molecule has 8 nitrogen and oxygen atoms in total. The third-order valence-electron chi connectivity index (χ3n) is 5.41. The number of fused-ring (bicyclic) bond motifs is 1. The van der Waals surface area contributed by atoms with Crippen LogP contribution in [0.2, 0.25) is 0 Å². The van der Waals surface area contributed by atoms with Crippen LogP contribution in [0.1, 0.15) is 28.0 Å². The minimum Gasteiger partial charge on any atom is -0.491 e. The molecule has 12 heteroatoms. The largest absolute Gasteiger partial charge is 0.573 e. The molecule has 0 saturated heterocycles. The number of alkyl halides is 3. The number of hydrogen-bond donors (Lipinski definition) is 1. The summed E-state index contributed by atoms with van der Waals surface area (Å²) in [5.74, 6) is -3.01. The molecule has 1 aliphatic heterocycles. The normalized spacial score (nSPS) is 17.2. The predicted molar refractivity (Wildman–Crippen MR) is 112 cm³/mol. The summed E-state index contributed by atoms with van der Waals surface area (Å²) in [5.41, 5.74) is -0.729. The second-order valence-corrected chi connectivity index (χ2v) is 7.66. The van der Waals surface area contributed by atoms with E-state index in [1.807, 2.05) is 0 Å². The van der Waals surface area contributed by atoms with Gasteiger partial charge in [-0.2, -0.15) is 0 Å². The van der Waals surface area contributed by atoms with Crippen LogP contribution < -0.4 is 14.8 Å². The summed E-state index contributed by atoms with van der Waals surface area (Å²) in [5, 5.41) is 2.85. The average Bonchev–Trinajstić information content (AvgIpc) is 3.27. The molecular formula is C23H19F4N3O5. The molecule has 4 rings (SSSR count). The van der Waals surface area contributed by atoms with E-state index in [0.29, 0.717) is 5.75 Å². The van der Waals surface area contributed by atoms with Crippen molar-refractivity contribution in [2.45, 2.75) is 24.9 Å². The number of hydrogen-bond acceptors (Lipinski definition) is 6. The van der Waals surface area contributed by atoms with Crippen molar-refractivity contribution in [2.24, 2.45) is 0 Å². The Morgan fingerprint density at radius 2 is 2.06 bits per heavy atom. The number of halogens is 4. The number of aromatic nitrogens is 2. The first-order valence-electron chi connectivity index (χ1n) is 10.3. The highest BCUT2D eigenvalue weighted by Gasteiger charge is 2.43. The minimum atomic E-state index is -5.07. The molecule has 0 bridgehead atoms. The van der Waals surface area contributed by atoms with E-state index >= 15 is 0 Å². The molecule has 0 radical (unpaired) electrons. The summed E-state index contributed by atoms with van der Waals surface area (Å²) in [7, 11) is 1.23. The van der Waals surface area contributed by atoms with E-state index in [1.54, 1.807) is 12.1 Å². The minimum absolute atomic E-state index is 0.122. The summed E-state index contributed by atoms with van der Waals surface area (Å²) >= 11 is 0. The fourth-order valence-electron chi connectivity index (χ4n) is 3.93. The summed E-state index contributed by atoms with van der Waals surface area (Å²) in [6.07, 6.45) is -0.545. The molecule has 1 aliphatic rings. The smallest absolute Gasteiger partial charge is 0.491 e. The van der Waals surface area contributed by atoms with Crippen LogP contribution in [0.3, 0.4) is 0 Å². The summed E-state index contributed by atoms with van der Waals surface area (Å²) in [4.78, 5) is 29.1. The van der Waals surface area contributed by atoms with Gasteiger partial charge in [-0.15, -0.1) is 13.2 Å². The number of rotatable bonds is 6. The summed E-state index contributed by atoms with van der Waals surface area (Å²) < 4.78 is 67.9. The first-order chi connectivity index (χ1) is 16.6. The Bertz CT molecular complexity index is 1260. The van der Waals surface area contributed by atoms with Gasteiger partial charge in [-0.25, -0.2) is 9.18 Å². The average molecular weight is 493 g/mol. The van der Waals surface area contributed by atoms with Crippen LogP contribution in [-0.4, -0.2) is 41.5 Å². The fraction of sp³-hybridized carbons (Fsp3) is 0.261. The Hall–Kier alpha value is -4.09. The van der Waals surface area contributed by atoms with E-state index in [-0.39, 0.29) is 36.4 Å². The maximum atomic E-state index is 14.6. The zero-order valence-electron chi connectivity index (χ0n) is 18.3. The van der Waals surface area contributed by atoms with E-state index < -0.39 is 35.3 Å². The van der Waals surface area contributed by atoms with Crippen LogP contribution in [0.4, 0.5) is 17.6 Å². The number of methoxy groups -OCH3 is 1. The van der Waals surface area contributed by atoms with Crippen molar-refractivity contribution >= 4 is 11.9 Å². The first kappa shape index (κ1) is 24.0. The molecule has 0 spiro atoms. The van der Waals surface area contributed by atoms with Crippen molar-refractivity contribution in [3.63, 3.8) is 0 Å². The second kappa shape index (κ2) is 9.28. The lowest BCUT2D eigenvalue weighted by Gasteiger charge is -2.39. The number of carbonyl (C=O) groups excluding carboxylic acids is 2. The molecule has 1 atom stereocenters. The maximum Gasteiger partial charge on any atom is 0.573 e. The number of amides is 1. The maximum absolute atomic E-state index is 14.6. The van der Waals surface area contributed by atoms with E-state index in [2.05, 4.69) is 19.8 Å². The van der Waals surface area contributed by atoms with E-state index in [1.165, 1.54) is 42.4 Å². The van der Waals surface area contributed by atoms with Gasteiger partial charge in [-0.3, -0.25) is 9.78 Å². The van der Waals surface area contributed by atoms with Crippen LogP contribution in [0.15, 0.2) is 55.0 Å². The van der Waals surface area contributed by atoms with Crippen molar-refractivity contribution in [3.05, 3.63) is 77.6 Å². The standard InChI is InChI=1S/C23H19F4N3O5/c1-33-21(32)14-6-9-30(12-14)13-19(31)29-22(7-10-34-18-3-2-8-28-20(18)22)15-4-5-17(16(24)11-15)35-23(25,26)27/h2-6,8-9,11-12H,7,10,13H2,1H3,(H,29,31)/t22-/m0/s1. The number of nitrogens with one attached hydrogen (secondary N) is 1. The van der Waals surface area contributed by atoms with Gasteiger partial charge in [0.2, 0.25) is 5.91 Å². The highest BCUT2D eigenvalue weighted by molar-refractivity contribution is 5.89. The van der Waals surface area contributed by atoms with Gasteiger partial charge < -0.3 is 24.1 Å². The molecule has 184 valence electrons. The lowest BCUT2D eigenvalue weighted by atomic mass is 9.81.